The third-order valence-corrected chi connectivity index (χ3v) is 5.95. The number of aliphatic hydroxyl groups is 1. The molecular weight excluding hydrogens is 312 g/mol. The van der Waals surface area contributed by atoms with Gasteiger partial charge in [0.1, 0.15) is 0 Å². The minimum absolute atomic E-state index is 0.0370. The van der Waals surface area contributed by atoms with E-state index in [1.807, 2.05) is 0 Å². The van der Waals surface area contributed by atoms with Crippen LogP contribution in [0.15, 0.2) is 12.2 Å². The number of aliphatic hydroxyl groups excluding tert-OH is 1. The first-order valence-electron chi connectivity index (χ1n) is 10.4. The molecule has 1 unspecified atom stereocenters. The Balaban J connectivity index is 2.33. The van der Waals surface area contributed by atoms with Gasteiger partial charge in [0.05, 0.1) is 6.10 Å². The first-order valence-corrected chi connectivity index (χ1v) is 10.4. The van der Waals surface area contributed by atoms with Gasteiger partial charge in [-0.3, -0.25) is 4.79 Å². The Hall–Kier alpha value is -0.830. The molecule has 1 aliphatic rings. The number of carboxylic acids is 1. The second-order valence-electron chi connectivity index (χ2n) is 8.62. The summed E-state index contributed by atoms with van der Waals surface area (Å²) in [6.07, 6.45) is 17.0. The predicted octanol–water partition coefficient (Wildman–Crippen LogP) is 5.96. The van der Waals surface area contributed by atoms with Gasteiger partial charge in [-0.05, 0) is 49.4 Å². The average molecular weight is 353 g/mol. The molecule has 0 bridgehead atoms. The first-order chi connectivity index (χ1) is 11.9. The third-order valence-electron chi connectivity index (χ3n) is 5.95. The highest BCUT2D eigenvalue weighted by molar-refractivity contribution is 5.66. The normalized spacial score (nSPS) is 22.6. The summed E-state index contributed by atoms with van der Waals surface area (Å²) in [5.41, 5.74) is -0.0370. The fourth-order valence-corrected chi connectivity index (χ4v) is 4.00. The Morgan fingerprint density at radius 2 is 1.88 bits per heavy atom. The van der Waals surface area contributed by atoms with Crippen LogP contribution in [0.25, 0.3) is 0 Å². The summed E-state index contributed by atoms with van der Waals surface area (Å²) >= 11 is 0. The third kappa shape index (κ3) is 8.89. The molecule has 1 rings (SSSR count). The number of hydrogen-bond donors (Lipinski definition) is 2. The lowest BCUT2D eigenvalue weighted by atomic mass is 9.80. The summed E-state index contributed by atoms with van der Waals surface area (Å²) in [6.45, 7) is 6.53. The second kappa shape index (κ2) is 11.7. The van der Waals surface area contributed by atoms with Crippen molar-refractivity contribution in [2.45, 2.75) is 104 Å². The van der Waals surface area contributed by atoms with E-state index >= 15 is 0 Å². The first kappa shape index (κ1) is 22.2. The zero-order chi connectivity index (χ0) is 18.7. The number of hydrogen-bond acceptors (Lipinski definition) is 2. The maximum Gasteiger partial charge on any atom is 0.303 e. The molecule has 0 aromatic rings. The van der Waals surface area contributed by atoms with Gasteiger partial charge in [-0.2, -0.15) is 0 Å². The summed E-state index contributed by atoms with van der Waals surface area (Å²) in [7, 11) is 0. The molecular formula is C22H40O3. The van der Waals surface area contributed by atoms with E-state index in [2.05, 4.69) is 32.9 Å². The van der Waals surface area contributed by atoms with Crippen molar-refractivity contribution < 1.29 is 15.0 Å². The Labute approximate surface area is 154 Å². The molecule has 1 aliphatic carbocycles. The van der Waals surface area contributed by atoms with Crippen molar-refractivity contribution in [2.24, 2.45) is 17.3 Å². The van der Waals surface area contributed by atoms with Crippen molar-refractivity contribution in [1.29, 1.82) is 0 Å². The van der Waals surface area contributed by atoms with Gasteiger partial charge in [0.2, 0.25) is 0 Å². The number of carboxylic acid groups (broad SMARTS) is 1. The molecule has 3 heteroatoms. The Morgan fingerprint density at radius 1 is 1.16 bits per heavy atom. The molecule has 3 atom stereocenters. The molecule has 1 saturated carbocycles. The van der Waals surface area contributed by atoms with Crippen molar-refractivity contribution in [3.05, 3.63) is 12.2 Å². The Bertz CT molecular complexity index is 400. The van der Waals surface area contributed by atoms with Crippen molar-refractivity contribution in [3.63, 3.8) is 0 Å². The lowest BCUT2D eigenvalue weighted by Crippen LogP contribution is -2.27. The van der Waals surface area contributed by atoms with Gasteiger partial charge in [0, 0.05) is 6.42 Å². The fourth-order valence-electron chi connectivity index (χ4n) is 4.00. The molecule has 0 spiro atoms. The van der Waals surface area contributed by atoms with Gasteiger partial charge in [-0.15, -0.1) is 0 Å². The average Bonchev–Trinajstić information content (AvgIpc) is 3.01. The van der Waals surface area contributed by atoms with E-state index < -0.39 is 5.97 Å². The topological polar surface area (TPSA) is 57.5 Å². The van der Waals surface area contributed by atoms with Crippen molar-refractivity contribution in [2.75, 3.05) is 0 Å². The number of aliphatic carboxylic acids is 1. The van der Waals surface area contributed by atoms with Crippen LogP contribution in [0, 0.1) is 17.3 Å². The van der Waals surface area contributed by atoms with Crippen LogP contribution in [-0.2, 0) is 4.79 Å². The Kier molecular flexibility index (Phi) is 10.4. The van der Waals surface area contributed by atoms with Crippen LogP contribution in [-0.4, -0.2) is 22.3 Å². The highest BCUT2D eigenvalue weighted by Gasteiger charge is 2.28. The molecule has 0 aliphatic heterocycles. The van der Waals surface area contributed by atoms with Gasteiger partial charge < -0.3 is 10.2 Å². The molecule has 3 nitrogen and oxygen atoms in total. The zero-order valence-corrected chi connectivity index (χ0v) is 16.7. The molecule has 0 saturated heterocycles. The van der Waals surface area contributed by atoms with Crippen molar-refractivity contribution in [1.82, 2.24) is 0 Å². The zero-order valence-electron chi connectivity index (χ0n) is 16.7. The van der Waals surface area contributed by atoms with E-state index in [0.29, 0.717) is 12.3 Å². The van der Waals surface area contributed by atoms with Crippen LogP contribution in [0.1, 0.15) is 97.8 Å². The molecule has 0 aromatic heterocycles. The summed E-state index contributed by atoms with van der Waals surface area (Å²) < 4.78 is 0. The maximum absolute atomic E-state index is 10.5. The molecule has 0 aromatic carbocycles. The van der Waals surface area contributed by atoms with Crippen LogP contribution in [0.5, 0.6) is 0 Å². The van der Waals surface area contributed by atoms with E-state index in [-0.39, 0.29) is 11.5 Å². The molecule has 146 valence electrons. The number of unbranched alkanes of at least 4 members (excludes halogenated alkanes) is 4. The highest BCUT2D eigenvalue weighted by Crippen LogP contribution is 2.37. The lowest BCUT2D eigenvalue weighted by molar-refractivity contribution is -0.137. The van der Waals surface area contributed by atoms with Gasteiger partial charge in [0.25, 0.3) is 0 Å². The largest absolute Gasteiger partial charge is 0.481 e. The summed E-state index contributed by atoms with van der Waals surface area (Å²) in [4.78, 5) is 10.5. The summed E-state index contributed by atoms with van der Waals surface area (Å²) in [5, 5.41) is 19.2. The smallest absolute Gasteiger partial charge is 0.303 e. The second-order valence-corrected chi connectivity index (χ2v) is 8.62. The number of carbonyl (C=O) groups is 1. The van der Waals surface area contributed by atoms with Gasteiger partial charge >= 0.3 is 5.97 Å². The molecule has 0 amide bonds. The van der Waals surface area contributed by atoms with Crippen LogP contribution in [0.3, 0.4) is 0 Å². The molecule has 0 heterocycles. The van der Waals surface area contributed by atoms with E-state index in [9.17, 15) is 9.90 Å². The van der Waals surface area contributed by atoms with E-state index in [0.717, 1.165) is 31.6 Å². The predicted molar refractivity (Wildman–Crippen MR) is 105 cm³/mol. The van der Waals surface area contributed by atoms with E-state index in [4.69, 9.17) is 5.11 Å². The van der Waals surface area contributed by atoms with Gasteiger partial charge in [-0.1, -0.05) is 71.4 Å². The monoisotopic (exact) mass is 352 g/mol. The van der Waals surface area contributed by atoms with Crippen LogP contribution in [0.2, 0.25) is 0 Å². The van der Waals surface area contributed by atoms with Crippen LogP contribution >= 0.6 is 0 Å². The SMILES string of the molecule is CCCCC(C)(C)C(O)/C=C/[C@H]1CCC[C@@H]1CCCCCCC(=O)O. The fraction of sp³-hybridized carbons (Fsp3) is 0.864. The van der Waals surface area contributed by atoms with E-state index in [1.54, 1.807) is 0 Å². The molecule has 0 radical (unpaired) electrons. The van der Waals surface area contributed by atoms with E-state index in [1.165, 1.54) is 44.9 Å². The minimum atomic E-state index is -0.679. The Morgan fingerprint density at radius 3 is 2.56 bits per heavy atom. The lowest BCUT2D eigenvalue weighted by Gasteiger charge is -2.29. The van der Waals surface area contributed by atoms with Gasteiger partial charge in [0.15, 0.2) is 0 Å². The summed E-state index contributed by atoms with van der Waals surface area (Å²) in [6, 6.07) is 0. The van der Waals surface area contributed by atoms with Crippen LogP contribution < -0.4 is 0 Å². The highest BCUT2D eigenvalue weighted by atomic mass is 16.4. The molecule has 1 fully saturated rings. The minimum Gasteiger partial charge on any atom is -0.481 e. The standard InChI is InChI=1S/C22H40O3/c1-4-5-17-22(2,3)20(23)16-15-19-13-10-12-18(19)11-8-6-7-9-14-21(24)25/h15-16,18-20,23H,4-14,17H2,1-3H3,(H,24,25)/b16-15+/t18-,19+,20?/m0/s1. The maximum atomic E-state index is 10.5. The van der Waals surface area contributed by atoms with Gasteiger partial charge in [-0.25, -0.2) is 0 Å². The number of allylic oxidation sites excluding steroid dienone is 1. The number of rotatable bonds is 13. The van der Waals surface area contributed by atoms with Crippen molar-refractivity contribution in [3.8, 4) is 0 Å². The quantitative estimate of drug-likeness (QED) is 0.317. The van der Waals surface area contributed by atoms with Crippen LogP contribution in [0.4, 0.5) is 0 Å². The molecule has 25 heavy (non-hydrogen) atoms. The molecule has 2 N–H and O–H groups in total. The van der Waals surface area contributed by atoms with Crippen molar-refractivity contribution >= 4 is 5.97 Å². The summed E-state index contributed by atoms with van der Waals surface area (Å²) in [5.74, 6) is 0.693.